The van der Waals surface area contributed by atoms with Crippen LogP contribution >= 0.6 is 0 Å². The van der Waals surface area contributed by atoms with Crippen LogP contribution < -0.4 is 15.8 Å². The van der Waals surface area contributed by atoms with E-state index in [9.17, 15) is 13.2 Å². The number of hydrogen-bond donors (Lipinski definition) is 3. The summed E-state index contributed by atoms with van der Waals surface area (Å²) in [7, 11) is -3.29. The summed E-state index contributed by atoms with van der Waals surface area (Å²) in [5.41, 5.74) is 6.98. The van der Waals surface area contributed by atoms with Crippen molar-refractivity contribution in [2.45, 2.75) is 25.8 Å². The Hall–Kier alpha value is -1.44. The second-order valence-electron chi connectivity index (χ2n) is 4.72. The molecule has 0 aliphatic carbocycles. The van der Waals surface area contributed by atoms with Crippen molar-refractivity contribution in [3.05, 3.63) is 35.9 Å². The summed E-state index contributed by atoms with van der Waals surface area (Å²) in [6, 6.07) is 9.37. The molecule has 0 saturated heterocycles. The molecule has 0 radical (unpaired) electrons. The van der Waals surface area contributed by atoms with Crippen molar-refractivity contribution in [3.63, 3.8) is 0 Å². The summed E-state index contributed by atoms with van der Waals surface area (Å²) in [5.74, 6) is -0.301. The molecule has 1 atom stereocenters. The molecule has 0 bridgehead atoms. The number of rotatable bonds is 9. The number of nitrogens with one attached hydrogen (secondary N) is 2. The number of sulfonamides is 1. The molecule has 1 amide bonds. The van der Waals surface area contributed by atoms with Gasteiger partial charge in [-0.1, -0.05) is 37.3 Å². The Balaban J connectivity index is 2.26. The number of benzene rings is 1. The van der Waals surface area contributed by atoms with Gasteiger partial charge in [0, 0.05) is 25.6 Å². The molecule has 118 valence electrons. The second-order valence-corrected chi connectivity index (χ2v) is 6.65. The highest BCUT2D eigenvalue weighted by atomic mass is 32.2. The van der Waals surface area contributed by atoms with Crippen molar-refractivity contribution >= 4 is 15.9 Å². The van der Waals surface area contributed by atoms with E-state index >= 15 is 0 Å². The molecule has 1 unspecified atom stereocenters. The fourth-order valence-corrected chi connectivity index (χ4v) is 2.81. The third kappa shape index (κ3) is 7.22. The minimum Gasteiger partial charge on any atom is -0.355 e. The molecule has 1 aromatic carbocycles. The highest BCUT2D eigenvalue weighted by Crippen LogP contribution is 2.14. The van der Waals surface area contributed by atoms with E-state index < -0.39 is 10.0 Å². The van der Waals surface area contributed by atoms with Gasteiger partial charge in [-0.2, -0.15) is 0 Å². The average Bonchev–Trinajstić information content (AvgIpc) is 2.45. The van der Waals surface area contributed by atoms with Crippen molar-refractivity contribution in [2.24, 2.45) is 5.73 Å². The highest BCUT2D eigenvalue weighted by molar-refractivity contribution is 7.89. The third-order valence-corrected chi connectivity index (χ3v) is 4.44. The van der Waals surface area contributed by atoms with Crippen LogP contribution in [-0.2, 0) is 14.8 Å². The van der Waals surface area contributed by atoms with Gasteiger partial charge in [-0.25, -0.2) is 13.1 Å². The first kappa shape index (κ1) is 17.6. The van der Waals surface area contributed by atoms with Crippen LogP contribution in [0.25, 0.3) is 0 Å². The second kappa shape index (κ2) is 8.76. The summed E-state index contributed by atoms with van der Waals surface area (Å²) in [6.07, 6.45) is 0.799. The van der Waals surface area contributed by atoms with E-state index in [1.165, 1.54) is 0 Å². The molecule has 6 nitrogen and oxygen atoms in total. The zero-order valence-electron chi connectivity index (χ0n) is 12.2. The normalized spacial score (nSPS) is 12.9. The average molecular weight is 313 g/mol. The summed E-state index contributed by atoms with van der Waals surface area (Å²) in [4.78, 5) is 11.6. The maximum Gasteiger partial charge on any atom is 0.220 e. The Morgan fingerprint density at radius 1 is 1.29 bits per heavy atom. The molecule has 1 rings (SSSR count). The van der Waals surface area contributed by atoms with Crippen LogP contribution in [0, 0.1) is 0 Å². The lowest BCUT2D eigenvalue weighted by atomic mass is 10.0. The van der Waals surface area contributed by atoms with Crippen LogP contribution in [-0.4, -0.2) is 33.2 Å². The number of amides is 1. The fraction of sp³-hybridized carbons (Fsp3) is 0.500. The Labute approximate surface area is 126 Å². The molecule has 0 aromatic heterocycles. The number of carbonyl (C=O) groups is 1. The first-order valence-electron chi connectivity index (χ1n) is 6.99. The van der Waals surface area contributed by atoms with Gasteiger partial charge >= 0.3 is 0 Å². The van der Waals surface area contributed by atoms with Gasteiger partial charge in [0.05, 0.1) is 5.75 Å². The van der Waals surface area contributed by atoms with E-state index in [2.05, 4.69) is 10.0 Å². The van der Waals surface area contributed by atoms with E-state index in [0.717, 1.165) is 5.56 Å². The van der Waals surface area contributed by atoms with Gasteiger partial charge in [0.25, 0.3) is 0 Å². The van der Waals surface area contributed by atoms with Crippen molar-refractivity contribution in [1.82, 2.24) is 10.0 Å². The topological polar surface area (TPSA) is 101 Å². The Morgan fingerprint density at radius 3 is 2.57 bits per heavy atom. The molecule has 7 heteroatoms. The maximum absolute atomic E-state index is 11.6. The molecule has 0 spiro atoms. The molecule has 0 aliphatic heterocycles. The van der Waals surface area contributed by atoms with Gasteiger partial charge in [-0.05, 0) is 12.0 Å². The largest absolute Gasteiger partial charge is 0.355 e. The zero-order valence-corrected chi connectivity index (χ0v) is 13.0. The van der Waals surface area contributed by atoms with Crippen molar-refractivity contribution in [3.8, 4) is 0 Å². The Bertz CT molecular complexity index is 532. The smallest absolute Gasteiger partial charge is 0.220 e. The lowest BCUT2D eigenvalue weighted by Crippen LogP contribution is -2.34. The minimum absolute atomic E-state index is 0.106. The maximum atomic E-state index is 11.6. The van der Waals surface area contributed by atoms with E-state index in [0.29, 0.717) is 13.0 Å². The molecule has 0 aliphatic rings. The summed E-state index contributed by atoms with van der Waals surface area (Å²) >= 11 is 0. The van der Waals surface area contributed by atoms with Gasteiger partial charge < -0.3 is 11.1 Å². The van der Waals surface area contributed by atoms with Crippen LogP contribution in [0.4, 0.5) is 0 Å². The molecule has 0 fully saturated rings. The number of hydrogen-bond acceptors (Lipinski definition) is 4. The summed E-state index contributed by atoms with van der Waals surface area (Å²) in [5, 5.41) is 2.59. The first-order valence-corrected chi connectivity index (χ1v) is 8.64. The molecule has 21 heavy (non-hydrogen) atoms. The van der Waals surface area contributed by atoms with Crippen molar-refractivity contribution in [2.75, 3.05) is 18.8 Å². The lowest BCUT2D eigenvalue weighted by molar-refractivity contribution is -0.121. The fourth-order valence-electron chi connectivity index (χ4n) is 1.86. The molecular weight excluding hydrogens is 290 g/mol. The standard InChI is InChI=1S/C14H23N3O3S/c1-2-17-21(19,20)11-10-16-14(18)9-8-13(15)12-6-4-3-5-7-12/h3-7,13,17H,2,8-11,15H2,1H3,(H,16,18). The predicted molar refractivity (Wildman–Crippen MR) is 83.1 cm³/mol. The van der Waals surface area contributed by atoms with Crippen LogP contribution in [0.2, 0.25) is 0 Å². The Morgan fingerprint density at radius 2 is 1.95 bits per heavy atom. The number of carbonyl (C=O) groups excluding carboxylic acids is 1. The van der Waals surface area contributed by atoms with E-state index in [1.807, 2.05) is 30.3 Å². The van der Waals surface area contributed by atoms with Crippen LogP contribution in [0.15, 0.2) is 30.3 Å². The van der Waals surface area contributed by atoms with Crippen LogP contribution in [0.1, 0.15) is 31.4 Å². The molecule has 1 aromatic rings. The summed E-state index contributed by atoms with van der Waals surface area (Å²) < 4.78 is 25.1. The molecule has 4 N–H and O–H groups in total. The first-order chi connectivity index (χ1) is 9.94. The number of nitrogens with two attached hydrogens (primary N) is 1. The van der Waals surface area contributed by atoms with Crippen molar-refractivity contribution < 1.29 is 13.2 Å². The monoisotopic (exact) mass is 313 g/mol. The molecule has 0 saturated carbocycles. The third-order valence-electron chi connectivity index (χ3n) is 2.97. The SMILES string of the molecule is CCNS(=O)(=O)CCNC(=O)CCC(N)c1ccccc1. The van der Waals surface area contributed by atoms with Gasteiger partial charge in [0.1, 0.15) is 0 Å². The predicted octanol–water partition coefficient (Wildman–Crippen LogP) is 0.522. The molecule has 0 heterocycles. The zero-order chi connectivity index (χ0) is 15.7. The van der Waals surface area contributed by atoms with Gasteiger partial charge in [0.15, 0.2) is 0 Å². The van der Waals surface area contributed by atoms with Crippen molar-refractivity contribution in [1.29, 1.82) is 0 Å². The Kier molecular flexibility index (Phi) is 7.35. The van der Waals surface area contributed by atoms with Gasteiger partial charge in [-0.3, -0.25) is 4.79 Å². The van der Waals surface area contributed by atoms with E-state index in [1.54, 1.807) is 6.92 Å². The van der Waals surface area contributed by atoms with Gasteiger partial charge in [-0.15, -0.1) is 0 Å². The van der Waals surface area contributed by atoms with Gasteiger partial charge in [0.2, 0.25) is 15.9 Å². The molecular formula is C14H23N3O3S. The van der Waals surface area contributed by atoms with Crippen LogP contribution in [0.3, 0.4) is 0 Å². The minimum atomic E-state index is -3.29. The lowest BCUT2D eigenvalue weighted by Gasteiger charge is -2.12. The highest BCUT2D eigenvalue weighted by Gasteiger charge is 2.11. The van der Waals surface area contributed by atoms with E-state index in [4.69, 9.17) is 5.73 Å². The van der Waals surface area contributed by atoms with Crippen LogP contribution in [0.5, 0.6) is 0 Å². The quantitative estimate of drug-likeness (QED) is 0.618. The summed E-state index contributed by atoms with van der Waals surface area (Å²) in [6.45, 7) is 2.16. The van der Waals surface area contributed by atoms with E-state index in [-0.39, 0.29) is 30.7 Å².